The lowest BCUT2D eigenvalue weighted by molar-refractivity contribution is -0.131. The summed E-state index contributed by atoms with van der Waals surface area (Å²) in [5, 5.41) is 7.91. The van der Waals surface area contributed by atoms with Crippen molar-refractivity contribution in [2.45, 2.75) is 63.5 Å². The van der Waals surface area contributed by atoms with Crippen molar-refractivity contribution >= 4 is 23.1 Å². The Morgan fingerprint density at radius 2 is 1.85 bits per heavy atom. The third kappa shape index (κ3) is 4.81. The standard InChI is InChI=1S/C30H33F2N7O/c1-16-10-20(13-25(33)29(16)38(3)17(2)40)22-8-9-34-15-27(22)36-30-35-14-21-6-7-26(37-39(21)30)28-23(31)11-19(12-24(28)32)18-4-5-18/h6-9,11-12,14-16,18,20,25,29H,4-5,10,13,33H2,1-3H3,(H,35,36)/t16-,20+,25+,29-/m0/s1. The van der Waals surface area contributed by atoms with Crippen LogP contribution in [0.2, 0.25) is 0 Å². The number of likely N-dealkylation sites (N-methyl/N-ethyl adjacent to an activating group) is 1. The van der Waals surface area contributed by atoms with Gasteiger partial charge in [-0.1, -0.05) is 6.92 Å². The van der Waals surface area contributed by atoms with Gasteiger partial charge in [0, 0.05) is 32.3 Å². The highest BCUT2D eigenvalue weighted by atomic mass is 19.1. The first kappa shape index (κ1) is 26.3. The van der Waals surface area contributed by atoms with E-state index in [0.717, 1.165) is 30.5 Å². The average molecular weight is 546 g/mol. The monoisotopic (exact) mass is 545 g/mol. The van der Waals surface area contributed by atoms with Crippen LogP contribution in [0.3, 0.4) is 0 Å². The van der Waals surface area contributed by atoms with Gasteiger partial charge in [-0.3, -0.25) is 9.78 Å². The van der Waals surface area contributed by atoms with Gasteiger partial charge in [0.1, 0.15) is 11.6 Å². The number of anilines is 2. The molecule has 1 aromatic carbocycles. The normalized spacial score (nSPS) is 22.9. The molecule has 3 aromatic heterocycles. The third-order valence-electron chi connectivity index (χ3n) is 8.47. The van der Waals surface area contributed by atoms with Crippen LogP contribution in [0.25, 0.3) is 16.8 Å². The Balaban J connectivity index is 1.30. The summed E-state index contributed by atoms with van der Waals surface area (Å²) in [6, 6.07) is 7.97. The van der Waals surface area contributed by atoms with E-state index in [4.69, 9.17) is 5.73 Å². The van der Waals surface area contributed by atoms with Crippen LogP contribution in [0.1, 0.15) is 62.5 Å². The Labute approximate surface area is 231 Å². The Kier molecular flexibility index (Phi) is 6.74. The van der Waals surface area contributed by atoms with Gasteiger partial charge in [0.05, 0.1) is 34.9 Å². The number of halogens is 2. The molecule has 0 spiro atoms. The zero-order valence-corrected chi connectivity index (χ0v) is 22.8. The summed E-state index contributed by atoms with van der Waals surface area (Å²) in [6.45, 7) is 3.70. The predicted octanol–water partition coefficient (Wildman–Crippen LogP) is 5.38. The van der Waals surface area contributed by atoms with Crippen molar-refractivity contribution in [1.82, 2.24) is 24.5 Å². The number of benzene rings is 1. The molecule has 3 N–H and O–H groups in total. The van der Waals surface area contributed by atoms with E-state index in [-0.39, 0.29) is 47.0 Å². The summed E-state index contributed by atoms with van der Waals surface area (Å²) in [5.74, 6) is -0.220. The molecule has 3 heterocycles. The van der Waals surface area contributed by atoms with E-state index in [1.54, 1.807) is 47.1 Å². The zero-order chi connectivity index (χ0) is 28.1. The minimum absolute atomic E-state index is 0.00805. The van der Waals surface area contributed by atoms with Crippen molar-refractivity contribution in [3.05, 3.63) is 71.7 Å². The number of aromatic nitrogens is 4. The Hall–Kier alpha value is -3.92. The van der Waals surface area contributed by atoms with Crippen LogP contribution in [-0.2, 0) is 4.79 Å². The number of pyridine rings is 1. The highest BCUT2D eigenvalue weighted by Crippen LogP contribution is 2.42. The molecule has 6 rings (SSSR count). The lowest BCUT2D eigenvalue weighted by Gasteiger charge is -2.43. The van der Waals surface area contributed by atoms with Crippen molar-refractivity contribution in [3.8, 4) is 11.3 Å². The predicted molar refractivity (Wildman–Crippen MR) is 149 cm³/mol. The molecule has 0 radical (unpaired) electrons. The molecule has 40 heavy (non-hydrogen) atoms. The molecule has 2 fully saturated rings. The number of nitrogens with two attached hydrogens (primary N) is 1. The summed E-state index contributed by atoms with van der Waals surface area (Å²) in [4.78, 5) is 22.6. The Bertz CT molecular complexity index is 1550. The van der Waals surface area contributed by atoms with Gasteiger partial charge in [0.2, 0.25) is 11.9 Å². The molecule has 4 aromatic rings. The first-order valence-corrected chi connectivity index (χ1v) is 13.7. The van der Waals surface area contributed by atoms with Gasteiger partial charge in [0.15, 0.2) is 0 Å². The van der Waals surface area contributed by atoms with Crippen molar-refractivity contribution in [2.75, 3.05) is 12.4 Å². The highest BCUT2D eigenvalue weighted by Gasteiger charge is 2.38. The number of imidazole rings is 1. The SMILES string of the molecule is CC(=O)N(C)[C@@H]1[C@H](N)C[C@H](c2ccncc2Nc2ncc3ccc(-c4c(F)cc(C5CC5)cc4F)nn23)C[C@@H]1C. The number of hydrogen-bond acceptors (Lipinski definition) is 6. The molecule has 208 valence electrons. The van der Waals surface area contributed by atoms with E-state index in [1.807, 2.05) is 13.1 Å². The van der Waals surface area contributed by atoms with Crippen LogP contribution in [0.4, 0.5) is 20.4 Å². The molecule has 0 unspecified atom stereocenters. The largest absolute Gasteiger partial charge is 0.341 e. The van der Waals surface area contributed by atoms with E-state index in [2.05, 4.69) is 27.3 Å². The molecule has 2 saturated carbocycles. The van der Waals surface area contributed by atoms with Crippen LogP contribution < -0.4 is 11.1 Å². The average Bonchev–Trinajstić information content (AvgIpc) is 3.70. The van der Waals surface area contributed by atoms with E-state index in [9.17, 15) is 4.79 Å². The summed E-state index contributed by atoms with van der Waals surface area (Å²) in [5.41, 5.74) is 9.82. The fraction of sp³-hybridized carbons (Fsp3) is 0.400. The summed E-state index contributed by atoms with van der Waals surface area (Å²) in [6.07, 6.45) is 8.63. The van der Waals surface area contributed by atoms with E-state index < -0.39 is 11.6 Å². The summed E-state index contributed by atoms with van der Waals surface area (Å²) >= 11 is 0. The zero-order valence-electron chi connectivity index (χ0n) is 22.8. The smallest absolute Gasteiger partial charge is 0.229 e. The minimum Gasteiger partial charge on any atom is -0.341 e. The van der Waals surface area contributed by atoms with Crippen LogP contribution in [0.15, 0.2) is 48.9 Å². The van der Waals surface area contributed by atoms with E-state index in [0.29, 0.717) is 23.4 Å². The third-order valence-corrected chi connectivity index (χ3v) is 8.47. The number of carbonyl (C=O) groups is 1. The molecule has 4 atom stereocenters. The van der Waals surface area contributed by atoms with Crippen molar-refractivity contribution in [2.24, 2.45) is 11.7 Å². The number of nitrogens with one attached hydrogen (secondary N) is 1. The molecule has 10 heteroatoms. The molecule has 0 aliphatic heterocycles. The Morgan fingerprint density at radius 1 is 1.10 bits per heavy atom. The maximum atomic E-state index is 15.0. The van der Waals surface area contributed by atoms with Crippen LogP contribution in [-0.4, -0.2) is 49.5 Å². The second kappa shape index (κ2) is 10.2. The van der Waals surface area contributed by atoms with Gasteiger partial charge in [-0.05, 0) is 84.9 Å². The quantitative estimate of drug-likeness (QED) is 0.338. The van der Waals surface area contributed by atoms with Gasteiger partial charge >= 0.3 is 0 Å². The van der Waals surface area contributed by atoms with Gasteiger partial charge in [-0.2, -0.15) is 9.61 Å². The van der Waals surface area contributed by atoms with Gasteiger partial charge in [0.25, 0.3) is 0 Å². The molecule has 1 amide bonds. The maximum Gasteiger partial charge on any atom is 0.229 e. The topological polar surface area (TPSA) is 101 Å². The van der Waals surface area contributed by atoms with Gasteiger partial charge < -0.3 is 16.0 Å². The number of hydrogen-bond donors (Lipinski definition) is 2. The van der Waals surface area contributed by atoms with E-state index >= 15 is 8.78 Å². The van der Waals surface area contributed by atoms with Crippen molar-refractivity contribution in [1.29, 1.82) is 0 Å². The number of fused-ring (bicyclic) bond motifs is 1. The first-order valence-electron chi connectivity index (χ1n) is 13.7. The first-order chi connectivity index (χ1) is 19.2. The molecule has 2 aliphatic carbocycles. The van der Waals surface area contributed by atoms with Crippen molar-refractivity contribution < 1.29 is 13.6 Å². The lowest BCUT2D eigenvalue weighted by atomic mass is 9.73. The molecular weight excluding hydrogens is 512 g/mol. The highest BCUT2D eigenvalue weighted by molar-refractivity contribution is 5.73. The summed E-state index contributed by atoms with van der Waals surface area (Å²) in [7, 11) is 1.81. The second-order valence-electron chi connectivity index (χ2n) is 11.3. The van der Waals surface area contributed by atoms with E-state index in [1.165, 1.54) is 12.1 Å². The number of carbonyl (C=O) groups excluding carboxylic acids is 1. The molecular formula is C30H33F2N7O. The number of nitrogens with zero attached hydrogens (tertiary/aromatic N) is 5. The molecule has 8 nitrogen and oxygen atoms in total. The van der Waals surface area contributed by atoms with Crippen molar-refractivity contribution in [3.63, 3.8) is 0 Å². The second-order valence-corrected chi connectivity index (χ2v) is 11.3. The van der Waals surface area contributed by atoms with Crippen LogP contribution in [0.5, 0.6) is 0 Å². The van der Waals surface area contributed by atoms with Gasteiger partial charge in [-0.25, -0.2) is 13.8 Å². The minimum atomic E-state index is -0.616. The fourth-order valence-electron chi connectivity index (χ4n) is 6.28. The fourth-order valence-corrected chi connectivity index (χ4v) is 6.28. The molecule has 2 aliphatic rings. The lowest BCUT2D eigenvalue weighted by Crippen LogP contribution is -2.54. The number of amides is 1. The maximum absolute atomic E-state index is 15.0. The Morgan fingerprint density at radius 3 is 2.52 bits per heavy atom. The number of rotatable bonds is 6. The van der Waals surface area contributed by atoms with Crippen LogP contribution >= 0.6 is 0 Å². The van der Waals surface area contributed by atoms with Gasteiger partial charge in [-0.15, -0.1) is 0 Å². The molecule has 0 bridgehead atoms. The summed E-state index contributed by atoms with van der Waals surface area (Å²) < 4.78 is 31.6. The van der Waals surface area contributed by atoms with Crippen LogP contribution in [0, 0.1) is 17.6 Å². The molecule has 0 saturated heterocycles.